The number of thioether (sulfide) groups is 1. The van der Waals surface area contributed by atoms with E-state index >= 15 is 0 Å². The zero-order valence-corrected chi connectivity index (χ0v) is 17.4. The molecule has 0 aliphatic carbocycles. The van der Waals surface area contributed by atoms with Crippen LogP contribution in [0.5, 0.6) is 0 Å². The molecule has 2 aromatic heterocycles. The van der Waals surface area contributed by atoms with Gasteiger partial charge in [0, 0.05) is 25.9 Å². The number of aromatic nitrogens is 5. The monoisotopic (exact) mass is 416 g/mol. The largest absolute Gasteiger partial charge is 0.380 e. The fraction of sp³-hybridized carbons (Fsp3) is 0.389. The Morgan fingerprint density at radius 1 is 1.17 bits per heavy atom. The number of methoxy groups -OCH3 is 1. The third-order valence-electron chi connectivity index (χ3n) is 3.77. The van der Waals surface area contributed by atoms with E-state index in [4.69, 9.17) is 4.74 Å². The second-order valence-corrected chi connectivity index (χ2v) is 6.96. The van der Waals surface area contributed by atoms with Crippen molar-refractivity contribution in [2.24, 2.45) is 0 Å². The van der Waals surface area contributed by atoms with Crippen molar-refractivity contribution in [1.82, 2.24) is 24.6 Å². The van der Waals surface area contributed by atoms with Crippen molar-refractivity contribution in [3.05, 3.63) is 29.8 Å². The Balaban J connectivity index is 1.71. The van der Waals surface area contributed by atoms with Gasteiger partial charge in [-0.2, -0.15) is 9.97 Å². The standard InChI is InChI=1S/C18H24N8O2S/c1-4-19-15-22-16(20-5-2)26-17(23-15)24-25-18(26)29-11-14(27)21-13-8-6-7-12(9-13)10-28-3/h6-9H,4-5,10-11H2,1-3H3,(H,21,27)(H2,19,20,22,23,24). The van der Waals surface area contributed by atoms with E-state index in [1.54, 1.807) is 11.5 Å². The lowest BCUT2D eigenvalue weighted by atomic mass is 10.2. The number of carbonyl (C=O) groups excluding carboxylic acids is 1. The van der Waals surface area contributed by atoms with E-state index in [1.165, 1.54) is 11.8 Å². The highest BCUT2D eigenvalue weighted by Crippen LogP contribution is 2.21. The van der Waals surface area contributed by atoms with E-state index in [0.717, 1.165) is 11.3 Å². The van der Waals surface area contributed by atoms with Gasteiger partial charge in [-0.25, -0.2) is 4.40 Å². The minimum Gasteiger partial charge on any atom is -0.380 e. The van der Waals surface area contributed by atoms with Crippen LogP contribution in [0.25, 0.3) is 5.78 Å². The predicted molar refractivity (Wildman–Crippen MR) is 113 cm³/mol. The highest BCUT2D eigenvalue weighted by Gasteiger charge is 2.16. The van der Waals surface area contributed by atoms with Crippen molar-refractivity contribution in [2.45, 2.75) is 25.6 Å². The van der Waals surface area contributed by atoms with Gasteiger partial charge in [-0.15, -0.1) is 10.2 Å². The molecule has 0 bridgehead atoms. The molecule has 0 aliphatic rings. The Kier molecular flexibility index (Phi) is 7.19. The van der Waals surface area contributed by atoms with Gasteiger partial charge < -0.3 is 20.7 Å². The molecule has 154 valence electrons. The number of anilines is 3. The first kappa shape index (κ1) is 20.8. The number of nitrogens with zero attached hydrogens (tertiary/aromatic N) is 5. The number of benzene rings is 1. The summed E-state index contributed by atoms with van der Waals surface area (Å²) in [5.74, 6) is 1.51. The quantitative estimate of drug-likeness (QED) is 0.428. The summed E-state index contributed by atoms with van der Waals surface area (Å²) < 4.78 is 6.83. The number of hydrogen-bond acceptors (Lipinski definition) is 9. The molecule has 3 rings (SSSR count). The third-order valence-corrected chi connectivity index (χ3v) is 4.70. The zero-order chi connectivity index (χ0) is 20.6. The maximum atomic E-state index is 12.4. The zero-order valence-electron chi connectivity index (χ0n) is 16.6. The predicted octanol–water partition coefficient (Wildman–Crippen LogP) is 2.26. The van der Waals surface area contributed by atoms with Crippen molar-refractivity contribution in [3.63, 3.8) is 0 Å². The van der Waals surface area contributed by atoms with E-state index in [-0.39, 0.29) is 11.7 Å². The molecule has 0 fully saturated rings. The van der Waals surface area contributed by atoms with Crippen molar-refractivity contribution >= 4 is 41.0 Å². The van der Waals surface area contributed by atoms with Crippen LogP contribution in [0.1, 0.15) is 19.4 Å². The average Bonchev–Trinajstić information content (AvgIpc) is 3.11. The number of hydrogen-bond donors (Lipinski definition) is 3. The normalized spacial score (nSPS) is 10.9. The van der Waals surface area contributed by atoms with Crippen molar-refractivity contribution in [2.75, 3.05) is 41.9 Å². The Morgan fingerprint density at radius 2 is 2.00 bits per heavy atom. The van der Waals surface area contributed by atoms with Crippen molar-refractivity contribution < 1.29 is 9.53 Å². The molecule has 0 unspecified atom stereocenters. The van der Waals surface area contributed by atoms with Crippen molar-refractivity contribution in [3.8, 4) is 0 Å². The summed E-state index contributed by atoms with van der Waals surface area (Å²) in [5, 5.41) is 18.0. The topological polar surface area (TPSA) is 118 Å². The smallest absolute Gasteiger partial charge is 0.261 e. The lowest BCUT2D eigenvalue weighted by Gasteiger charge is -2.10. The molecule has 3 aromatic rings. The summed E-state index contributed by atoms with van der Waals surface area (Å²) in [6, 6.07) is 7.55. The number of rotatable bonds is 10. The van der Waals surface area contributed by atoms with Crippen LogP contribution in [0.4, 0.5) is 17.6 Å². The van der Waals surface area contributed by atoms with Crippen LogP contribution in [0.15, 0.2) is 29.4 Å². The van der Waals surface area contributed by atoms with E-state index in [1.807, 2.05) is 38.1 Å². The molecular formula is C18H24N8O2S. The molecule has 2 heterocycles. The first-order valence-corrected chi connectivity index (χ1v) is 10.2. The summed E-state index contributed by atoms with van der Waals surface area (Å²) in [6.07, 6.45) is 0. The maximum Gasteiger partial charge on any atom is 0.261 e. The molecule has 10 nitrogen and oxygen atoms in total. The van der Waals surface area contributed by atoms with Gasteiger partial charge >= 0.3 is 0 Å². The third kappa shape index (κ3) is 5.33. The van der Waals surface area contributed by atoms with Crippen LogP contribution >= 0.6 is 11.8 Å². The van der Waals surface area contributed by atoms with Gasteiger partial charge in [-0.3, -0.25) is 4.79 Å². The Hall–Kier alpha value is -2.92. The summed E-state index contributed by atoms with van der Waals surface area (Å²) in [4.78, 5) is 21.2. The number of nitrogens with one attached hydrogen (secondary N) is 3. The summed E-state index contributed by atoms with van der Waals surface area (Å²) in [7, 11) is 1.64. The fourth-order valence-electron chi connectivity index (χ4n) is 2.63. The Morgan fingerprint density at radius 3 is 2.76 bits per heavy atom. The number of carbonyl (C=O) groups is 1. The second kappa shape index (κ2) is 10.0. The SMILES string of the molecule is CCNc1nc(NCC)n2c(SCC(=O)Nc3cccc(COC)c3)nnc2n1. The van der Waals surface area contributed by atoms with Gasteiger partial charge in [0.2, 0.25) is 17.8 Å². The second-order valence-electron chi connectivity index (χ2n) is 6.02. The minimum atomic E-state index is -0.142. The lowest BCUT2D eigenvalue weighted by Crippen LogP contribution is -2.15. The highest BCUT2D eigenvalue weighted by atomic mass is 32.2. The van der Waals surface area contributed by atoms with Crippen LogP contribution in [0, 0.1) is 0 Å². The van der Waals surface area contributed by atoms with Gasteiger partial charge in [0.25, 0.3) is 5.78 Å². The molecule has 29 heavy (non-hydrogen) atoms. The van der Waals surface area contributed by atoms with Gasteiger partial charge in [0.1, 0.15) is 0 Å². The van der Waals surface area contributed by atoms with Crippen LogP contribution in [0.3, 0.4) is 0 Å². The molecule has 0 saturated heterocycles. The molecule has 11 heteroatoms. The van der Waals surface area contributed by atoms with E-state index in [9.17, 15) is 4.79 Å². The summed E-state index contributed by atoms with van der Waals surface area (Å²) in [5.41, 5.74) is 1.72. The first-order valence-electron chi connectivity index (χ1n) is 9.26. The molecule has 0 aliphatic heterocycles. The minimum absolute atomic E-state index is 0.142. The molecule has 0 saturated carbocycles. The molecule has 3 N–H and O–H groups in total. The summed E-state index contributed by atoms with van der Waals surface area (Å²) >= 11 is 1.27. The van der Waals surface area contributed by atoms with E-state index < -0.39 is 0 Å². The van der Waals surface area contributed by atoms with Crippen LogP contribution in [-0.4, -0.2) is 56.4 Å². The van der Waals surface area contributed by atoms with Crippen LogP contribution in [0.2, 0.25) is 0 Å². The van der Waals surface area contributed by atoms with Gasteiger partial charge in [-0.05, 0) is 31.5 Å². The van der Waals surface area contributed by atoms with Crippen LogP contribution in [-0.2, 0) is 16.1 Å². The molecule has 1 aromatic carbocycles. The Bertz CT molecular complexity index is 978. The van der Waals surface area contributed by atoms with Crippen molar-refractivity contribution in [1.29, 1.82) is 0 Å². The Labute approximate surface area is 172 Å². The van der Waals surface area contributed by atoms with Gasteiger partial charge in [0.15, 0.2) is 5.16 Å². The summed E-state index contributed by atoms with van der Waals surface area (Å²) in [6.45, 7) is 5.81. The van der Waals surface area contributed by atoms with E-state index in [2.05, 4.69) is 36.1 Å². The molecule has 0 radical (unpaired) electrons. The molecule has 0 spiro atoms. The molecular weight excluding hydrogens is 392 g/mol. The lowest BCUT2D eigenvalue weighted by molar-refractivity contribution is -0.113. The van der Waals surface area contributed by atoms with Crippen LogP contribution < -0.4 is 16.0 Å². The van der Waals surface area contributed by atoms with Gasteiger partial charge in [-0.1, -0.05) is 23.9 Å². The first-order chi connectivity index (χ1) is 14.1. The number of amides is 1. The number of fused-ring (bicyclic) bond motifs is 1. The number of ether oxygens (including phenoxy) is 1. The fourth-order valence-corrected chi connectivity index (χ4v) is 3.36. The maximum absolute atomic E-state index is 12.4. The molecule has 1 amide bonds. The average molecular weight is 417 g/mol. The van der Waals surface area contributed by atoms with E-state index in [0.29, 0.717) is 42.5 Å². The highest BCUT2D eigenvalue weighted by molar-refractivity contribution is 7.99. The molecule has 0 atom stereocenters. The van der Waals surface area contributed by atoms with Gasteiger partial charge in [0.05, 0.1) is 12.4 Å².